The number of nitrogens with two attached hydrogens (primary N) is 1. The smallest absolute Gasteiger partial charge is 0.252 e. The molecule has 1 saturated carbocycles. The SMILES string of the molecule is CN(C)c1ccc(/C(=C\c2ccc(/C=C/C(N)=O)cc2)C(=O)NC2CC2)cc1. The summed E-state index contributed by atoms with van der Waals surface area (Å²) in [5, 5.41) is 3.07. The third kappa shape index (κ3) is 5.33. The van der Waals surface area contributed by atoms with E-state index in [-0.39, 0.29) is 5.91 Å². The van der Waals surface area contributed by atoms with Crippen molar-refractivity contribution >= 4 is 35.2 Å². The Bertz CT molecular complexity index is 906. The van der Waals surface area contributed by atoms with Crippen LogP contribution in [0.5, 0.6) is 0 Å². The fourth-order valence-corrected chi connectivity index (χ4v) is 2.76. The summed E-state index contributed by atoms with van der Waals surface area (Å²) >= 11 is 0. The van der Waals surface area contributed by atoms with Gasteiger partial charge in [-0.1, -0.05) is 36.4 Å². The van der Waals surface area contributed by atoms with E-state index in [2.05, 4.69) is 5.32 Å². The van der Waals surface area contributed by atoms with Gasteiger partial charge in [-0.15, -0.1) is 0 Å². The maximum atomic E-state index is 12.8. The molecule has 0 radical (unpaired) electrons. The second kappa shape index (κ2) is 8.57. The lowest BCUT2D eigenvalue weighted by molar-refractivity contribution is -0.116. The molecule has 28 heavy (non-hydrogen) atoms. The van der Waals surface area contributed by atoms with Gasteiger partial charge < -0.3 is 16.0 Å². The van der Waals surface area contributed by atoms with Crippen molar-refractivity contribution in [1.29, 1.82) is 0 Å². The number of amides is 2. The van der Waals surface area contributed by atoms with E-state index < -0.39 is 5.91 Å². The molecule has 0 unspecified atom stereocenters. The highest BCUT2D eigenvalue weighted by Crippen LogP contribution is 2.25. The van der Waals surface area contributed by atoms with Gasteiger partial charge in [-0.25, -0.2) is 0 Å². The Kier molecular flexibility index (Phi) is 5.94. The van der Waals surface area contributed by atoms with Crippen LogP contribution in [-0.4, -0.2) is 32.0 Å². The Hall–Kier alpha value is -3.34. The van der Waals surface area contributed by atoms with Crippen molar-refractivity contribution in [3.05, 3.63) is 71.3 Å². The zero-order chi connectivity index (χ0) is 20.1. The summed E-state index contributed by atoms with van der Waals surface area (Å²) in [6.07, 6.45) is 6.96. The highest BCUT2D eigenvalue weighted by atomic mass is 16.2. The van der Waals surface area contributed by atoms with Crippen molar-refractivity contribution in [2.45, 2.75) is 18.9 Å². The molecular weight excluding hydrogens is 350 g/mol. The summed E-state index contributed by atoms with van der Waals surface area (Å²) in [5.41, 5.74) is 9.50. The minimum Gasteiger partial charge on any atom is -0.378 e. The topological polar surface area (TPSA) is 75.4 Å². The van der Waals surface area contributed by atoms with Crippen molar-refractivity contribution < 1.29 is 9.59 Å². The van der Waals surface area contributed by atoms with Gasteiger partial charge in [-0.05, 0) is 53.8 Å². The van der Waals surface area contributed by atoms with E-state index in [9.17, 15) is 9.59 Å². The summed E-state index contributed by atoms with van der Waals surface area (Å²) in [6.45, 7) is 0. The van der Waals surface area contributed by atoms with E-state index >= 15 is 0 Å². The molecule has 5 nitrogen and oxygen atoms in total. The zero-order valence-electron chi connectivity index (χ0n) is 16.2. The molecule has 2 aromatic rings. The molecule has 144 valence electrons. The van der Waals surface area contributed by atoms with Crippen LogP contribution in [-0.2, 0) is 9.59 Å². The first-order chi connectivity index (χ1) is 13.4. The summed E-state index contributed by atoms with van der Waals surface area (Å²) in [6, 6.07) is 15.8. The quantitative estimate of drug-likeness (QED) is 0.577. The summed E-state index contributed by atoms with van der Waals surface area (Å²) in [5.74, 6) is -0.540. The summed E-state index contributed by atoms with van der Waals surface area (Å²) in [4.78, 5) is 25.7. The van der Waals surface area contributed by atoms with Gasteiger partial charge in [-0.3, -0.25) is 9.59 Å². The molecule has 3 N–H and O–H groups in total. The van der Waals surface area contributed by atoms with Crippen molar-refractivity contribution in [2.75, 3.05) is 19.0 Å². The Morgan fingerprint density at radius 3 is 2.14 bits per heavy atom. The average Bonchev–Trinajstić information content (AvgIpc) is 3.49. The first kappa shape index (κ1) is 19.4. The van der Waals surface area contributed by atoms with E-state index in [4.69, 9.17) is 5.73 Å². The van der Waals surface area contributed by atoms with Crippen LogP contribution in [0, 0.1) is 0 Å². The number of primary amides is 1. The van der Waals surface area contributed by atoms with Crippen molar-refractivity contribution in [3.63, 3.8) is 0 Å². The predicted octanol–water partition coefficient (Wildman–Crippen LogP) is 3.07. The van der Waals surface area contributed by atoms with Crippen LogP contribution in [0.4, 0.5) is 5.69 Å². The molecule has 0 aliphatic heterocycles. The monoisotopic (exact) mass is 375 g/mol. The number of carbonyl (C=O) groups excluding carboxylic acids is 2. The predicted molar refractivity (Wildman–Crippen MR) is 114 cm³/mol. The van der Waals surface area contributed by atoms with Crippen LogP contribution in [0.3, 0.4) is 0 Å². The normalized spacial score (nSPS) is 14.1. The lowest BCUT2D eigenvalue weighted by Gasteiger charge is -2.14. The standard InChI is InChI=1S/C23H25N3O2/c1-26(2)20-12-8-18(9-13-20)21(23(28)25-19-10-11-19)15-17-5-3-16(4-6-17)7-14-22(24)27/h3-9,12-15,19H,10-11H2,1-2H3,(H2,24,27)(H,25,28)/b14-7+,21-15+. The average molecular weight is 375 g/mol. The number of nitrogens with one attached hydrogen (secondary N) is 1. The van der Waals surface area contributed by atoms with Crippen LogP contribution < -0.4 is 16.0 Å². The molecule has 0 saturated heterocycles. The number of carbonyl (C=O) groups is 2. The van der Waals surface area contributed by atoms with Crippen LogP contribution in [0.15, 0.2) is 54.6 Å². The lowest BCUT2D eigenvalue weighted by Crippen LogP contribution is -2.26. The summed E-state index contributed by atoms with van der Waals surface area (Å²) in [7, 11) is 3.97. The maximum absolute atomic E-state index is 12.8. The second-order valence-corrected chi connectivity index (χ2v) is 7.15. The molecule has 1 aliphatic carbocycles. The number of hydrogen-bond acceptors (Lipinski definition) is 3. The van der Waals surface area contributed by atoms with Crippen molar-refractivity contribution in [3.8, 4) is 0 Å². The Morgan fingerprint density at radius 2 is 1.61 bits per heavy atom. The van der Waals surface area contributed by atoms with Gasteiger partial charge in [0.1, 0.15) is 0 Å². The molecule has 0 heterocycles. The molecule has 0 bridgehead atoms. The molecule has 1 fully saturated rings. The Labute approximate surface area is 165 Å². The minimum atomic E-state index is -0.482. The highest BCUT2D eigenvalue weighted by Gasteiger charge is 2.25. The van der Waals surface area contributed by atoms with E-state index in [1.165, 1.54) is 6.08 Å². The van der Waals surface area contributed by atoms with Gasteiger partial charge >= 0.3 is 0 Å². The van der Waals surface area contributed by atoms with Crippen LogP contribution >= 0.6 is 0 Å². The minimum absolute atomic E-state index is 0.0576. The molecule has 0 spiro atoms. The van der Waals surface area contributed by atoms with Gasteiger partial charge in [0.05, 0.1) is 0 Å². The third-order valence-electron chi connectivity index (χ3n) is 4.54. The van der Waals surface area contributed by atoms with Gasteiger partial charge in [0.25, 0.3) is 5.91 Å². The van der Waals surface area contributed by atoms with Gasteiger partial charge in [0.15, 0.2) is 0 Å². The van der Waals surface area contributed by atoms with Crippen LogP contribution in [0.25, 0.3) is 17.7 Å². The van der Waals surface area contributed by atoms with Crippen LogP contribution in [0.1, 0.15) is 29.5 Å². The maximum Gasteiger partial charge on any atom is 0.252 e. The van der Waals surface area contributed by atoms with Gasteiger partial charge in [-0.2, -0.15) is 0 Å². The Morgan fingerprint density at radius 1 is 1.00 bits per heavy atom. The van der Waals surface area contributed by atoms with E-state index in [1.54, 1.807) is 6.08 Å². The molecule has 0 atom stereocenters. The highest BCUT2D eigenvalue weighted by molar-refractivity contribution is 6.24. The number of anilines is 1. The van der Waals surface area contributed by atoms with Crippen LogP contribution in [0.2, 0.25) is 0 Å². The molecule has 2 aromatic carbocycles. The van der Waals surface area contributed by atoms with Gasteiger partial charge in [0.2, 0.25) is 5.91 Å². The molecule has 3 rings (SSSR count). The van der Waals surface area contributed by atoms with E-state index in [0.29, 0.717) is 11.6 Å². The zero-order valence-corrected chi connectivity index (χ0v) is 16.2. The van der Waals surface area contributed by atoms with Gasteiger partial charge in [0, 0.05) is 37.5 Å². The summed E-state index contributed by atoms with van der Waals surface area (Å²) < 4.78 is 0. The van der Waals surface area contributed by atoms with Crippen molar-refractivity contribution in [1.82, 2.24) is 5.32 Å². The van der Waals surface area contributed by atoms with Crippen molar-refractivity contribution in [2.24, 2.45) is 5.73 Å². The second-order valence-electron chi connectivity index (χ2n) is 7.15. The molecule has 0 aromatic heterocycles. The first-order valence-electron chi connectivity index (χ1n) is 9.30. The number of benzene rings is 2. The molecule has 2 amide bonds. The fraction of sp³-hybridized carbons (Fsp3) is 0.217. The largest absolute Gasteiger partial charge is 0.378 e. The molecule has 1 aliphatic rings. The Balaban J connectivity index is 1.89. The lowest BCUT2D eigenvalue weighted by atomic mass is 10.0. The number of hydrogen-bond donors (Lipinski definition) is 2. The van der Waals surface area contributed by atoms with E-state index in [1.807, 2.05) is 73.6 Å². The first-order valence-corrected chi connectivity index (χ1v) is 9.30. The third-order valence-corrected chi connectivity index (χ3v) is 4.54. The molecular formula is C23H25N3O2. The molecule has 5 heteroatoms. The number of rotatable bonds is 7. The number of nitrogens with zero attached hydrogens (tertiary/aromatic N) is 1. The fourth-order valence-electron chi connectivity index (χ4n) is 2.76. The van der Waals surface area contributed by atoms with E-state index in [0.717, 1.165) is 35.2 Å².